The third-order valence-corrected chi connectivity index (χ3v) is 5.02. The smallest absolute Gasteiger partial charge is 0.286 e. The van der Waals surface area contributed by atoms with E-state index in [2.05, 4.69) is 26.2 Å². The second-order valence-electron chi connectivity index (χ2n) is 5.58. The van der Waals surface area contributed by atoms with Crippen molar-refractivity contribution in [2.24, 2.45) is 4.99 Å². The standard InChI is InChI=1S/C19H14BrFN2O3S/c1-11(24)22-19-23-18(25)17(27-19)9-12-6-7-16(14(20)8-12)26-10-13-4-2-3-5-15(13)21/h2-9H,10H2,1H3,(H,22,23,24,25)/b17-9+. The van der Waals surface area contributed by atoms with Gasteiger partial charge in [0.05, 0.1) is 9.38 Å². The van der Waals surface area contributed by atoms with Gasteiger partial charge in [0.15, 0.2) is 5.17 Å². The fourth-order valence-electron chi connectivity index (χ4n) is 2.26. The van der Waals surface area contributed by atoms with Crippen molar-refractivity contribution >= 4 is 50.7 Å². The SMILES string of the molecule is CC(=O)NC1=NC(=O)/C(=C\c2ccc(OCc3ccccc3F)c(Br)c2)S1. The fraction of sp³-hybridized carbons (Fsp3) is 0.105. The van der Waals surface area contributed by atoms with Crippen molar-refractivity contribution < 1.29 is 18.7 Å². The quantitative estimate of drug-likeness (QED) is 0.708. The van der Waals surface area contributed by atoms with E-state index >= 15 is 0 Å². The molecule has 1 aliphatic rings. The highest BCUT2D eigenvalue weighted by atomic mass is 79.9. The maximum atomic E-state index is 13.7. The highest BCUT2D eigenvalue weighted by Gasteiger charge is 2.22. The first-order valence-corrected chi connectivity index (χ1v) is 9.49. The van der Waals surface area contributed by atoms with Crippen molar-refractivity contribution in [2.75, 3.05) is 0 Å². The van der Waals surface area contributed by atoms with E-state index < -0.39 is 5.91 Å². The monoisotopic (exact) mass is 448 g/mol. The minimum absolute atomic E-state index is 0.105. The number of hydrogen-bond acceptors (Lipinski definition) is 4. The molecule has 138 valence electrons. The molecule has 2 aromatic carbocycles. The average molecular weight is 449 g/mol. The summed E-state index contributed by atoms with van der Waals surface area (Å²) >= 11 is 4.53. The van der Waals surface area contributed by atoms with Gasteiger partial charge in [-0.3, -0.25) is 9.59 Å². The normalized spacial score (nSPS) is 15.0. The van der Waals surface area contributed by atoms with Crippen LogP contribution < -0.4 is 10.1 Å². The van der Waals surface area contributed by atoms with Crippen LogP contribution in [0.1, 0.15) is 18.1 Å². The summed E-state index contributed by atoms with van der Waals surface area (Å²) in [6.07, 6.45) is 1.68. The van der Waals surface area contributed by atoms with E-state index in [1.165, 1.54) is 13.0 Å². The van der Waals surface area contributed by atoms with Crippen LogP contribution in [0.5, 0.6) is 5.75 Å². The van der Waals surface area contributed by atoms with Crippen LogP contribution in [0.3, 0.4) is 0 Å². The predicted molar refractivity (Wildman–Crippen MR) is 107 cm³/mol. The topological polar surface area (TPSA) is 67.8 Å². The van der Waals surface area contributed by atoms with Gasteiger partial charge in [-0.2, -0.15) is 4.99 Å². The molecule has 0 aliphatic carbocycles. The van der Waals surface area contributed by atoms with Crippen molar-refractivity contribution in [2.45, 2.75) is 13.5 Å². The maximum Gasteiger partial charge on any atom is 0.286 e. The first-order chi connectivity index (χ1) is 12.9. The zero-order chi connectivity index (χ0) is 19.4. The number of carbonyl (C=O) groups is 2. The third kappa shape index (κ3) is 5.05. The number of hydrogen-bond donors (Lipinski definition) is 1. The van der Waals surface area contributed by atoms with Gasteiger partial charge in [-0.05, 0) is 57.5 Å². The lowest BCUT2D eigenvalue weighted by Gasteiger charge is -2.09. The van der Waals surface area contributed by atoms with Crippen molar-refractivity contribution in [3.05, 3.63) is 68.8 Å². The second-order valence-corrected chi connectivity index (χ2v) is 7.47. The van der Waals surface area contributed by atoms with Crippen molar-refractivity contribution in [1.29, 1.82) is 0 Å². The highest BCUT2D eigenvalue weighted by Crippen LogP contribution is 2.31. The van der Waals surface area contributed by atoms with Crippen LogP contribution in [-0.4, -0.2) is 17.0 Å². The molecule has 0 atom stereocenters. The number of nitrogens with one attached hydrogen (secondary N) is 1. The summed E-state index contributed by atoms with van der Waals surface area (Å²) in [4.78, 5) is 27.2. The Hall–Kier alpha value is -2.45. The van der Waals surface area contributed by atoms with Crippen LogP contribution in [0.2, 0.25) is 0 Å². The van der Waals surface area contributed by atoms with Gasteiger partial charge in [-0.25, -0.2) is 4.39 Å². The maximum absolute atomic E-state index is 13.7. The average Bonchev–Trinajstić information content (AvgIpc) is 2.94. The lowest BCUT2D eigenvalue weighted by atomic mass is 10.2. The third-order valence-electron chi connectivity index (χ3n) is 3.50. The minimum atomic E-state index is -0.403. The Morgan fingerprint density at radius 3 is 2.81 bits per heavy atom. The number of amides is 2. The summed E-state index contributed by atoms with van der Waals surface area (Å²) in [7, 11) is 0. The van der Waals surface area contributed by atoms with Gasteiger partial charge in [0.1, 0.15) is 18.2 Å². The number of amidine groups is 1. The molecule has 0 saturated heterocycles. The Bertz CT molecular complexity index is 975. The number of nitrogens with zero attached hydrogens (tertiary/aromatic N) is 1. The molecule has 5 nitrogen and oxygen atoms in total. The summed E-state index contributed by atoms with van der Waals surface area (Å²) in [5.74, 6) is -0.447. The summed E-state index contributed by atoms with van der Waals surface area (Å²) < 4.78 is 20.0. The van der Waals surface area contributed by atoms with Gasteiger partial charge >= 0.3 is 0 Å². The number of carbonyl (C=O) groups excluding carboxylic acids is 2. The first kappa shape index (κ1) is 19.3. The van der Waals surface area contributed by atoms with E-state index in [-0.39, 0.29) is 23.5 Å². The molecule has 0 saturated carbocycles. The molecule has 3 rings (SSSR count). The molecule has 1 aliphatic heterocycles. The number of ether oxygens (including phenoxy) is 1. The van der Waals surface area contributed by atoms with Crippen LogP contribution in [-0.2, 0) is 16.2 Å². The van der Waals surface area contributed by atoms with E-state index in [1.54, 1.807) is 42.5 Å². The summed E-state index contributed by atoms with van der Waals surface area (Å²) in [6.45, 7) is 1.46. The molecule has 27 heavy (non-hydrogen) atoms. The lowest BCUT2D eigenvalue weighted by Crippen LogP contribution is -2.23. The molecule has 2 aromatic rings. The number of rotatable bonds is 4. The van der Waals surface area contributed by atoms with Crippen LogP contribution >= 0.6 is 27.7 Å². The van der Waals surface area contributed by atoms with Crippen molar-refractivity contribution in [3.63, 3.8) is 0 Å². The molecular weight excluding hydrogens is 435 g/mol. The highest BCUT2D eigenvalue weighted by molar-refractivity contribution is 9.10. The molecule has 2 amide bonds. The Balaban J connectivity index is 1.69. The van der Waals surface area contributed by atoms with Gasteiger partial charge in [0.25, 0.3) is 5.91 Å². The molecule has 0 radical (unpaired) electrons. The van der Waals surface area contributed by atoms with Gasteiger partial charge in [0.2, 0.25) is 5.91 Å². The second kappa shape index (κ2) is 8.49. The Kier molecular flexibility index (Phi) is 6.08. The molecule has 0 spiro atoms. The summed E-state index contributed by atoms with van der Waals surface area (Å²) in [5, 5.41) is 2.76. The number of aliphatic imine (C=N–C) groups is 1. The van der Waals surface area contributed by atoms with E-state index in [1.807, 2.05) is 0 Å². The molecular formula is C19H14BrFN2O3S. The zero-order valence-corrected chi connectivity index (χ0v) is 16.6. The Morgan fingerprint density at radius 2 is 2.11 bits per heavy atom. The van der Waals surface area contributed by atoms with E-state index in [4.69, 9.17) is 4.74 Å². The number of thioether (sulfide) groups is 1. The Morgan fingerprint density at radius 1 is 1.33 bits per heavy atom. The Labute approximate surface area is 167 Å². The molecule has 0 bridgehead atoms. The molecule has 0 fully saturated rings. The first-order valence-electron chi connectivity index (χ1n) is 7.88. The molecule has 1 N–H and O–H groups in total. The van der Waals surface area contributed by atoms with E-state index in [0.717, 1.165) is 17.3 Å². The van der Waals surface area contributed by atoms with Crippen LogP contribution in [0.25, 0.3) is 6.08 Å². The molecule has 0 unspecified atom stereocenters. The fourth-order valence-corrected chi connectivity index (χ4v) is 3.63. The largest absolute Gasteiger partial charge is 0.488 e. The van der Waals surface area contributed by atoms with Gasteiger partial charge in [0, 0.05) is 12.5 Å². The summed E-state index contributed by atoms with van der Waals surface area (Å²) in [6, 6.07) is 11.7. The minimum Gasteiger partial charge on any atom is -0.488 e. The molecule has 1 heterocycles. The van der Waals surface area contributed by atoms with E-state index in [0.29, 0.717) is 20.7 Å². The lowest BCUT2D eigenvalue weighted by molar-refractivity contribution is -0.117. The van der Waals surface area contributed by atoms with Crippen LogP contribution in [0.15, 0.2) is 56.8 Å². The van der Waals surface area contributed by atoms with Crippen molar-refractivity contribution in [3.8, 4) is 5.75 Å². The zero-order valence-electron chi connectivity index (χ0n) is 14.2. The predicted octanol–water partition coefficient (Wildman–Crippen LogP) is 4.27. The number of halogens is 2. The van der Waals surface area contributed by atoms with Gasteiger partial charge in [-0.1, -0.05) is 24.3 Å². The van der Waals surface area contributed by atoms with Crippen LogP contribution in [0, 0.1) is 5.82 Å². The van der Waals surface area contributed by atoms with Crippen molar-refractivity contribution in [1.82, 2.24) is 5.32 Å². The van der Waals surface area contributed by atoms with Gasteiger partial charge < -0.3 is 10.1 Å². The van der Waals surface area contributed by atoms with Crippen LogP contribution in [0.4, 0.5) is 4.39 Å². The summed E-state index contributed by atoms with van der Waals surface area (Å²) in [5.41, 5.74) is 1.22. The molecule has 0 aromatic heterocycles. The molecule has 8 heteroatoms. The number of benzene rings is 2. The van der Waals surface area contributed by atoms with E-state index in [9.17, 15) is 14.0 Å². The van der Waals surface area contributed by atoms with Gasteiger partial charge in [-0.15, -0.1) is 0 Å².